The first-order chi connectivity index (χ1) is 17.0. The van der Waals surface area contributed by atoms with E-state index in [1.807, 2.05) is 65.6 Å². The lowest BCUT2D eigenvalue weighted by Gasteiger charge is -2.39. The topological polar surface area (TPSA) is 61.9 Å². The van der Waals surface area contributed by atoms with Crippen LogP contribution in [0.25, 0.3) is 6.08 Å². The maximum absolute atomic E-state index is 14.9. The highest BCUT2D eigenvalue weighted by Gasteiger charge is 2.31. The van der Waals surface area contributed by atoms with E-state index in [4.69, 9.17) is 4.74 Å². The van der Waals surface area contributed by atoms with Gasteiger partial charge in [-0.3, -0.25) is 9.69 Å². The fraction of sp³-hybridized carbons (Fsp3) is 0.214. The second-order valence-corrected chi connectivity index (χ2v) is 8.26. The molecule has 0 spiro atoms. The van der Waals surface area contributed by atoms with Crippen molar-refractivity contribution in [1.29, 1.82) is 0 Å². The summed E-state index contributed by atoms with van der Waals surface area (Å²) in [6.07, 6.45) is 3.13. The summed E-state index contributed by atoms with van der Waals surface area (Å²) in [5.74, 6) is -1.04. The van der Waals surface area contributed by atoms with Crippen molar-refractivity contribution in [3.63, 3.8) is 0 Å². The van der Waals surface area contributed by atoms with Gasteiger partial charge in [-0.1, -0.05) is 60.7 Å². The zero-order chi connectivity index (χ0) is 24.6. The maximum Gasteiger partial charge on any atom is 0.327 e. The molecule has 0 radical (unpaired) electrons. The Balaban J connectivity index is 1.38. The number of nitrogens with one attached hydrogen (secondary N) is 1. The van der Waals surface area contributed by atoms with E-state index < -0.39 is 11.9 Å². The predicted molar refractivity (Wildman–Crippen MR) is 135 cm³/mol. The average molecular weight is 474 g/mol. The van der Waals surface area contributed by atoms with E-state index in [2.05, 4.69) is 10.2 Å². The first-order valence-electron chi connectivity index (χ1n) is 11.5. The molecule has 3 aromatic rings. The molecule has 1 heterocycles. The summed E-state index contributed by atoms with van der Waals surface area (Å²) >= 11 is 0. The van der Waals surface area contributed by atoms with Crippen LogP contribution in [-0.4, -0.2) is 50.1 Å². The van der Waals surface area contributed by atoms with Gasteiger partial charge in [0.05, 0.1) is 12.8 Å². The highest BCUT2D eigenvalue weighted by Crippen LogP contribution is 2.28. The Labute approximate surface area is 204 Å². The lowest BCUT2D eigenvalue weighted by atomic mass is 10.0. The van der Waals surface area contributed by atoms with Crippen LogP contribution in [0.2, 0.25) is 0 Å². The number of benzene rings is 3. The number of piperazine rings is 1. The van der Waals surface area contributed by atoms with Gasteiger partial charge < -0.3 is 15.0 Å². The van der Waals surface area contributed by atoms with Crippen molar-refractivity contribution < 1.29 is 18.7 Å². The number of ether oxygens (including phenoxy) is 1. The molecule has 1 saturated heterocycles. The van der Waals surface area contributed by atoms with Gasteiger partial charge in [-0.15, -0.1) is 0 Å². The third kappa shape index (κ3) is 6.13. The first kappa shape index (κ1) is 24.2. The molecular weight excluding hydrogens is 445 g/mol. The van der Waals surface area contributed by atoms with Gasteiger partial charge in [0, 0.05) is 37.9 Å². The molecular formula is C28H28FN3O3. The van der Waals surface area contributed by atoms with E-state index in [0.29, 0.717) is 37.6 Å². The minimum Gasteiger partial charge on any atom is -0.468 e. The molecule has 7 heteroatoms. The number of amides is 1. The van der Waals surface area contributed by atoms with E-state index in [9.17, 15) is 14.0 Å². The van der Waals surface area contributed by atoms with Gasteiger partial charge in [0.15, 0.2) is 0 Å². The Bertz CT molecular complexity index is 1180. The van der Waals surface area contributed by atoms with Crippen molar-refractivity contribution in [2.45, 2.75) is 6.04 Å². The standard InChI is InChI=1S/C28H28FN3O3/c1-35-28(34)27(22-10-6-3-7-11-22)32-18-16-31(17-19-32)25-14-13-23(20-24(25)29)30-26(33)15-12-21-8-4-2-5-9-21/h2-15,20,27H,16-19H2,1H3,(H,30,33). The molecule has 4 rings (SSSR count). The molecule has 1 fully saturated rings. The molecule has 1 unspecified atom stereocenters. The van der Waals surface area contributed by atoms with Crippen LogP contribution >= 0.6 is 0 Å². The number of anilines is 2. The summed E-state index contributed by atoms with van der Waals surface area (Å²) in [4.78, 5) is 28.7. The molecule has 0 aliphatic carbocycles. The van der Waals surface area contributed by atoms with Crippen LogP contribution in [0.3, 0.4) is 0 Å². The molecule has 1 atom stereocenters. The highest BCUT2D eigenvalue weighted by atomic mass is 19.1. The number of halogens is 1. The zero-order valence-electron chi connectivity index (χ0n) is 19.6. The van der Waals surface area contributed by atoms with Crippen molar-refractivity contribution >= 4 is 29.3 Å². The molecule has 6 nitrogen and oxygen atoms in total. The normalized spacial score (nSPS) is 15.1. The minimum absolute atomic E-state index is 0.308. The van der Waals surface area contributed by atoms with Crippen LogP contribution in [0.15, 0.2) is 84.9 Å². The Kier molecular flexibility index (Phi) is 7.90. The largest absolute Gasteiger partial charge is 0.468 e. The van der Waals surface area contributed by atoms with Gasteiger partial charge in [0.1, 0.15) is 11.9 Å². The Morgan fingerprint density at radius 2 is 1.60 bits per heavy atom. The average Bonchev–Trinajstić information content (AvgIpc) is 2.89. The van der Waals surface area contributed by atoms with Gasteiger partial charge >= 0.3 is 5.97 Å². The molecule has 1 aliphatic heterocycles. The summed E-state index contributed by atoms with van der Waals surface area (Å²) in [6, 6.07) is 23.2. The Morgan fingerprint density at radius 3 is 2.23 bits per heavy atom. The lowest BCUT2D eigenvalue weighted by Crippen LogP contribution is -2.49. The van der Waals surface area contributed by atoms with Crippen LogP contribution in [0, 0.1) is 5.82 Å². The van der Waals surface area contributed by atoms with Crippen molar-refractivity contribution in [3.05, 3.63) is 102 Å². The van der Waals surface area contributed by atoms with Gasteiger partial charge in [0.2, 0.25) is 5.91 Å². The molecule has 0 aromatic heterocycles. The van der Waals surface area contributed by atoms with E-state index >= 15 is 0 Å². The highest BCUT2D eigenvalue weighted by molar-refractivity contribution is 6.02. The Morgan fingerprint density at radius 1 is 0.943 bits per heavy atom. The number of hydrogen-bond acceptors (Lipinski definition) is 5. The third-order valence-corrected chi connectivity index (χ3v) is 6.00. The number of hydrogen-bond donors (Lipinski definition) is 1. The second-order valence-electron chi connectivity index (χ2n) is 8.26. The van der Waals surface area contributed by atoms with Crippen LogP contribution in [0.5, 0.6) is 0 Å². The van der Waals surface area contributed by atoms with E-state index in [1.165, 1.54) is 19.3 Å². The zero-order valence-corrected chi connectivity index (χ0v) is 19.6. The van der Waals surface area contributed by atoms with Crippen LogP contribution in [0.4, 0.5) is 15.8 Å². The molecule has 180 valence electrons. The van der Waals surface area contributed by atoms with Gasteiger partial charge in [-0.05, 0) is 35.4 Å². The SMILES string of the molecule is COC(=O)C(c1ccccc1)N1CCN(c2ccc(NC(=O)C=Cc3ccccc3)cc2F)CC1. The molecule has 35 heavy (non-hydrogen) atoms. The van der Waals surface area contributed by atoms with E-state index in [0.717, 1.165) is 11.1 Å². The smallest absolute Gasteiger partial charge is 0.327 e. The van der Waals surface area contributed by atoms with Crippen molar-refractivity contribution in [2.75, 3.05) is 43.5 Å². The quantitative estimate of drug-likeness (QED) is 0.404. The monoisotopic (exact) mass is 473 g/mol. The Hall–Kier alpha value is -3.97. The van der Waals surface area contributed by atoms with Crippen LogP contribution in [0.1, 0.15) is 17.2 Å². The summed E-state index contributed by atoms with van der Waals surface area (Å²) in [5.41, 5.74) is 2.64. The predicted octanol–water partition coefficient (Wildman–Crippen LogP) is 4.51. The second kappa shape index (κ2) is 11.4. The summed E-state index contributed by atoms with van der Waals surface area (Å²) in [7, 11) is 1.39. The van der Waals surface area contributed by atoms with Crippen molar-refractivity contribution in [2.24, 2.45) is 0 Å². The van der Waals surface area contributed by atoms with Crippen molar-refractivity contribution in [1.82, 2.24) is 4.90 Å². The summed E-state index contributed by atoms with van der Waals surface area (Å²) in [6.45, 7) is 2.28. The first-order valence-corrected chi connectivity index (χ1v) is 11.5. The number of rotatable bonds is 7. The molecule has 0 saturated carbocycles. The number of nitrogens with zero attached hydrogens (tertiary/aromatic N) is 2. The maximum atomic E-state index is 14.9. The number of methoxy groups -OCH3 is 1. The minimum atomic E-state index is -0.491. The van der Waals surface area contributed by atoms with E-state index in [-0.39, 0.29) is 11.9 Å². The van der Waals surface area contributed by atoms with Crippen LogP contribution in [-0.2, 0) is 14.3 Å². The number of carbonyl (C=O) groups excluding carboxylic acids is 2. The van der Waals surface area contributed by atoms with Gasteiger partial charge in [0.25, 0.3) is 0 Å². The fourth-order valence-corrected chi connectivity index (χ4v) is 4.23. The van der Waals surface area contributed by atoms with Gasteiger partial charge in [-0.25, -0.2) is 9.18 Å². The summed E-state index contributed by atoms with van der Waals surface area (Å²) < 4.78 is 20.0. The molecule has 1 aliphatic rings. The molecule has 0 bridgehead atoms. The summed E-state index contributed by atoms with van der Waals surface area (Å²) in [5, 5.41) is 2.70. The number of esters is 1. The van der Waals surface area contributed by atoms with Crippen LogP contribution < -0.4 is 10.2 Å². The van der Waals surface area contributed by atoms with E-state index in [1.54, 1.807) is 18.2 Å². The van der Waals surface area contributed by atoms with Crippen molar-refractivity contribution in [3.8, 4) is 0 Å². The molecule has 1 N–H and O–H groups in total. The van der Waals surface area contributed by atoms with Gasteiger partial charge in [-0.2, -0.15) is 0 Å². The lowest BCUT2D eigenvalue weighted by molar-refractivity contribution is -0.147. The fourth-order valence-electron chi connectivity index (χ4n) is 4.23. The molecule has 1 amide bonds. The number of carbonyl (C=O) groups is 2. The third-order valence-electron chi connectivity index (χ3n) is 6.00. The molecule has 3 aromatic carbocycles.